The fraction of sp³-hybridized carbons (Fsp3) is 0.368. The molecule has 0 spiro atoms. The predicted molar refractivity (Wildman–Crippen MR) is 90.4 cm³/mol. The van der Waals surface area contributed by atoms with Crippen molar-refractivity contribution in [2.24, 2.45) is 0 Å². The largest absolute Gasteiger partial charge is 0.496 e. The number of hydrogen-bond donors (Lipinski definition) is 1. The van der Waals surface area contributed by atoms with Gasteiger partial charge in [0.05, 0.1) is 7.11 Å². The van der Waals surface area contributed by atoms with E-state index >= 15 is 0 Å². The smallest absolute Gasteiger partial charge is 0.127 e. The molecule has 0 bridgehead atoms. The monoisotopic (exact) mass is 299 g/mol. The first-order valence-corrected chi connectivity index (χ1v) is 7.56. The van der Waals surface area contributed by atoms with E-state index in [-0.39, 0.29) is 5.54 Å². The maximum atomic E-state index is 5.83. The minimum absolute atomic E-state index is 0.0769. The van der Waals surface area contributed by atoms with Crippen LogP contribution in [0, 0.1) is 0 Å². The van der Waals surface area contributed by atoms with Gasteiger partial charge in [0.25, 0.3) is 0 Å². The molecule has 0 saturated carbocycles. The van der Waals surface area contributed by atoms with Crippen LogP contribution in [0.3, 0.4) is 0 Å². The highest BCUT2D eigenvalue weighted by atomic mass is 16.5. The van der Waals surface area contributed by atoms with Crippen LogP contribution in [0.15, 0.2) is 48.5 Å². The van der Waals surface area contributed by atoms with Crippen molar-refractivity contribution in [1.29, 1.82) is 0 Å². The molecule has 0 fully saturated rings. The molecule has 0 radical (unpaired) electrons. The third-order valence-electron chi connectivity index (χ3n) is 3.32. The van der Waals surface area contributed by atoms with Crippen LogP contribution in [0.5, 0.6) is 11.5 Å². The van der Waals surface area contributed by atoms with E-state index in [1.54, 1.807) is 7.11 Å². The molecular weight excluding hydrogens is 274 g/mol. The number of methoxy groups -OCH3 is 1. The van der Waals surface area contributed by atoms with Gasteiger partial charge in [-0.05, 0) is 32.4 Å². The lowest BCUT2D eigenvalue weighted by molar-refractivity contribution is 0.303. The first-order valence-electron chi connectivity index (χ1n) is 7.56. The predicted octanol–water partition coefficient (Wildman–Crippen LogP) is 4.16. The molecule has 2 aromatic carbocycles. The van der Waals surface area contributed by atoms with Crippen LogP contribution in [0.1, 0.15) is 31.9 Å². The number of ether oxygens (including phenoxy) is 2. The van der Waals surface area contributed by atoms with Crippen molar-refractivity contribution in [1.82, 2.24) is 5.32 Å². The van der Waals surface area contributed by atoms with Crippen molar-refractivity contribution in [3.63, 3.8) is 0 Å². The second-order valence-corrected chi connectivity index (χ2v) is 6.35. The lowest BCUT2D eigenvalue weighted by atomic mass is 10.1. The summed E-state index contributed by atoms with van der Waals surface area (Å²) in [5.74, 6) is 1.67. The van der Waals surface area contributed by atoms with E-state index in [0.717, 1.165) is 29.2 Å². The van der Waals surface area contributed by atoms with Crippen molar-refractivity contribution in [2.75, 3.05) is 7.11 Å². The van der Waals surface area contributed by atoms with Crippen LogP contribution in [-0.4, -0.2) is 12.6 Å². The molecule has 3 nitrogen and oxygen atoms in total. The van der Waals surface area contributed by atoms with Gasteiger partial charge in [0.1, 0.15) is 18.1 Å². The molecule has 22 heavy (non-hydrogen) atoms. The van der Waals surface area contributed by atoms with Gasteiger partial charge in [-0.25, -0.2) is 0 Å². The highest BCUT2D eigenvalue weighted by molar-refractivity contribution is 5.41. The molecule has 2 aromatic rings. The van der Waals surface area contributed by atoms with Gasteiger partial charge in [0.2, 0.25) is 0 Å². The Morgan fingerprint density at radius 1 is 1.00 bits per heavy atom. The van der Waals surface area contributed by atoms with E-state index in [1.807, 2.05) is 30.3 Å². The molecule has 1 N–H and O–H groups in total. The fourth-order valence-electron chi connectivity index (χ4n) is 2.06. The Labute approximate surface area is 133 Å². The third kappa shape index (κ3) is 5.08. The Balaban J connectivity index is 2.02. The quantitative estimate of drug-likeness (QED) is 0.868. The molecular formula is C19H25NO2. The summed E-state index contributed by atoms with van der Waals surface area (Å²) < 4.78 is 11.3. The normalized spacial score (nSPS) is 11.3. The summed E-state index contributed by atoms with van der Waals surface area (Å²) in [5, 5.41) is 3.47. The number of rotatable bonds is 6. The van der Waals surface area contributed by atoms with Crippen molar-refractivity contribution < 1.29 is 9.47 Å². The molecule has 0 saturated heterocycles. The van der Waals surface area contributed by atoms with Crippen LogP contribution in [0.2, 0.25) is 0 Å². The number of benzene rings is 2. The highest BCUT2D eigenvalue weighted by Crippen LogP contribution is 2.25. The topological polar surface area (TPSA) is 30.5 Å². The lowest BCUT2D eigenvalue weighted by Crippen LogP contribution is -2.35. The Kier molecular flexibility index (Phi) is 5.45. The molecule has 0 amide bonds. The first kappa shape index (κ1) is 16.4. The molecule has 0 aliphatic heterocycles. The second kappa shape index (κ2) is 7.32. The molecule has 0 aromatic heterocycles. The van der Waals surface area contributed by atoms with E-state index in [1.165, 1.54) is 0 Å². The zero-order chi connectivity index (χ0) is 16.0. The minimum Gasteiger partial charge on any atom is -0.496 e. The van der Waals surface area contributed by atoms with Gasteiger partial charge >= 0.3 is 0 Å². The summed E-state index contributed by atoms with van der Waals surface area (Å²) in [6.45, 7) is 7.78. The molecule has 0 aliphatic rings. The standard InChI is InChI=1S/C19H25NO2/c1-19(2,3)20-13-16-10-11-17(12-18(16)21-4)22-14-15-8-6-5-7-9-15/h5-12,20H,13-14H2,1-4H3. The van der Waals surface area contributed by atoms with E-state index in [9.17, 15) is 0 Å². The summed E-state index contributed by atoms with van der Waals surface area (Å²) in [4.78, 5) is 0. The van der Waals surface area contributed by atoms with E-state index in [0.29, 0.717) is 6.61 Å². The van der Waals surface area contributed by atoms with Crippen molar-refractivity contribution in [2.45, 2.75) is 39.5 Å². The van der Waals surface area contributed by atoms with Crippen molar-refractivity contribution >= 4 is 0 Å². The van der Waals surface area contributed by atoms with Gasteiger partial charge < -0.3 is 14.8 Å². The maximum absolute atomic E-state index is 5.83. The van der Waals surface area contributed by atoms with Gasteiger partial charge in [-0.1, -0.05) is 36.4 Å². The molecule has 3 heteroatoms. The van der Waals surface area contributed by atoms with Gasteiger partial charge in [-0.15, -0.1) is 0 Å². The van der Waals surface area contributed by atoms with Crippen molar-refractivity contribution in [3.05, 3.63) is 59.7 Å². The lowest BCUT2D eigenvalue weighted by Gasteiger charge is -2.21. The SMILES string of the molecule is COc1cc(OCc2ccccc2)ccc1CNC(C)(C)C. The summed E-state index contributed by atoms with van der Waals surface area (Å²) in [7, 11) is 1.69. The summed E-state index contributed by atoms with van der Waals surface area (Å²) in [5.41, 5.74) is 2.36. The van der Waals surface area contributed by atoms with Gasteiger partial charge in [0.15, 0.2) is 0 Å². The van der Waals surface area contributed by atoms with Gasteiger partial charge in [0, 0.05) is 23.7 Å². The molecule has 0 aliphatic carbocycles. The van der Waals surface area contributed by atoms with E-state index in [4.69, 9.17) is 9.47 Å². The second-order valence-electron chi connectivity index (χ2n) is 6.35. The van der Waals surface area contributed by atoms with Crippen LogP contribution in [0.4, 0.5) is 0 Å². The van der Waals surface area contributed by atoms with Crippen LogP contribution >= 0.6 is 0 Å². The van der Waals surface area contributed by atoms with Crippen LogP contribution in [-0.2, 0) is 13.2 Å². The number of nitrogens with one attached hydrogen (secondary N) is 1. The maximum Gasteiger partial charge on any atom is 0.127 e. The average molecular weight is 299 g/mol. The van der Waals surface area contributed by atoms with Crippen molar-refractivity contribution in [3.8, 4) is 11.5 Å². The van der Waals surface area contributed by atoms with Crippen LogP contribution < -0.4 is 14.8 Å². The Bertz CT molecular complexity index is 588. The summed E-state index contributed by atoms with van der Waals surface area (Å²) >= 11 is 0. The first-order chi connectivity index (χ1) is 10.5. The fourth-order valence-corrected chi connectivity index (χ4v) is 2.06. The minimum atomic E-state index is 0.0769. The number of hydrogen-bond acceptors (Lipinski definition) is 3. The molecule has 0 unspecified atom stereocenters. The van der Waals surface area contributed by atoms with Gasteiger partial charge in [-0.2, -0.15) is 0 Å². The van der Waals surface area contributed by atoms with Gasteiger partial charge in [-0.3, -0.25) is 0 Å². The highest BCUT2D eigenvalue weighted by Gasteiger charge is 2.11. The molecule has 0 heterocycles. The van der Waals surface area contributed by atoms with E-state index in [2.05, 4.69) is 44.3 Å². The molecule has 0 atom stereocenters. The molecule has 118 valence electrons. The molecule has 2 rings (SSSR count). The zero-order valence-electron chi connectivity index (χ0n) is 13.8. The zero-order valence-corrected chi connectivity index (χ0v) is 13.8. The summed E-state index contributed by atoms with van der Waals surface area (Å²) in [6, 6.07) is 16.1. The van der Waals surface area contributed by atoms with E-state index < -0.39 is 0 Å². The average Bonchev–Trinajstić information content (AvgIpc) is 2.51. The Morgan fingerprint density at radius 3 is 2.36 bits per heavy atom. The Morgan fingerprint density at radius 2 is 1.73 bits per heavy atom. The summed E-state index contributed by atoms with van der Waals surface area (Å²) in [6.07, 6.45) is 0. The third-order valence-corrected chi connectivity index (χ3v) is 3.32. The Hall–Kier alpha value is -2.00. The van der Waals surface area contributed by atoms with Crippen LogP contribution in [0.25, 0.3) is 0 Å².